The molecule has 16 heavy (non-hydrogen) atoms. The molecule has 0 radical (unpaired) electrons. The molecule has 1 aliphatic rings. The van der Waals surface area contributed by atoms with Crippen molar-refractivity contribution in [1.29, 1.82) is 0 Å². The first-order valence-electron chi connectivity index (χ1n) is 6.07. The summed E-state index contributed by atoms with van der Waals surface area (Å²) in [6.45, 7) is 10.5. The first kappa shape index (κ1) is 14.0. The molecule has 0 spiro atoms. The molecule has 4 heteroatoms. The van der Waals surface area contributed by atoms with Crippen molar-refractivity contribution in [1.82, 2.24) is 4.31 Å². The van der Waals surface area contributed by atoms with Crippen LogP contribution in [0.1, 0.15) is 40.5 Å². The maximum atomic E-state index is 11.4. The monoisotopic (exact) mass is 247 g/mol. The molecule has 0 aromatic heterocycles. The van der Waals surface area contributed by atoms with E-state index in [0.717, 1.165) is 12.8 Å². The van der Waals surface area contributed by atoms with Crippen molar-refractivity contribution in [2.24, 2.45) is 17.3 Å². The molecule has 1 unspecified atom stereocenters. The van der Waals surface area contributed by atoms with Crippen molar-refractivity contribution in [3.05, 3.63) is 0 Å². The van der Waals surface area contributed by atoms with Gasteiger partial charge in [-0.25, -0.2) is 12.7 Å². The highest BCUT2D eigenvalue weighted by Gasteiger charge is 2.32. The minimum absolute atomic E-state index is 0.317. The third kappa shape index (κ3) is 3.45. The number of hydrogen-bond acceptors (Lipinski definition) is 2. The van der Waals surface area contributed by atoms with Gasteiger partial charge >= 0.3 is 0 Å². The van der Waals surface area contributed by atoms with Gasteiger partial charge in [-0.05, 0) is 30.1 Å². The maximum absolute atomic E-state index is 11.4. The number of rotatable bonds is 2. The van der Waals surface area contributed by atoms with Crippen LogP contribution in [-0.2, 0) is 10.0 Å². The van der Waals surface area contributed by atoms with E-state index in [0.29, 0.717) is 30.3 Å². The Bertz CT molecular complexity index is 321. The van der Waals surface area contributed by atoms with Crippen LogP contribution in [0, 0.1) is 17.3 Å². The molecule has 1 atom stereocenters. The Morgan fingerprint density at radius 1 is 1.19 bits per heavy atom. The lowest BCUT2D eigenvalue weighted by molar-refractivity contribution is 0.126. The van der Waals surface area contributed by atoms with Crippen LogP contribution in [0.25, 0.3) is 0 Å². The van der Waals surface area contributed by atoms with Crippen molar-refractivity contribution in [2.75, 3.05) is 19.3 Å². The molecule has 1 saturated heterocycles. The molecule has 0 bridgehead atoms. The summed E-state index contributed by atoms with van der Waals surface area (Å²) < 4.78 is 24.4. The van der Waals surface area contributed by atoms with Crippen LogP contribution in [0.2, 0.25) is 0 Å². The second kappa shape index (κ2) is 4.65. The van der Waals surface area contributed by atoms with Crippen LogP contribution in [0.5, 0.6) is 0 Å². The zero-order valence-corrected chi connectivity index (χ0v) is 12.0. The summed E-state index contributed by atoms with van der Waals surface area (Å²) in [5.74, 6) is 1.31. The smallest absolute Gasteiger partial charge is 0.211 e. The second-order valence-electron chi connectivity index (χ2n) is 6.15. The van der Waals surface area contributed by atoms with E-state index in [1.54, 1.807) is 4.31 Å². The molecular formula is C12H25NO2S. The third-order valence-electron chi connectivity index (χ3n) is 4.04. The first-order valence-corrected chi connectivity index (χ1v) is 7.92. The molecule has 0 saturated carbocycles. The van der Waals surface area contributed by atoms with Crippen molar-refractivity contribution in [2.45, 2.75) is 40.5 Å². The molecule has 0 amide bonds. The zero-order chi connectivity index (χ0) is 12.6. The Balaban J connectivity index is 2.56. The molecule has 1 aliphatic heterocycles. The molecule has 0 aliphatic carbocycles. The highest BCUT2D eigenvalue weighted by molar-refractivity contribution is 7.88. The average Bonchev–Trinajstić information content (AvgIpc) is 2.14. The van der Waals surface area contributed by atoms with Crippen molar-refractivity contribution >= 4 is 10.0 Å². The molecule has 0 aromatic rings. The van der Waals surface area contributed by atoms with Gasteiger partial charge in [0, 0.05) is 13.1 Å². The molecule has 0 aromatic carbocycles. The fraction of sp³-hybridized carbons (Fsp3) is 1.00. The van der Waals surface area contributed by atoms with Gasteiger partial charge < -0.3 is 0 Å². The number of hydrogen-bond donors (Lipinski definition) is 0. The normalized spacial score (nSPS) is 23.3. The van der Waals surface area contributed by atoms with E-state index < -0.39 is 10.0 Å². The van der Waals surface area contributed by atoms with E-state index in [1.807, 2.05) is 0 Å². The fourth-order valence-electron chi connectivity index (χ4n) is 2.41. The largest absolute Gasteiger partial charge is 0.213 e. The van der Waals surface area contributed by atoms with E-state index in [2.05, 4.69) is 27.7 Å². The zero-order valence-electron chi connectivity index (χ0n) is 11.2. The summed E-state index contributed by atoms with van der Waals surface area (Å²) in [4.78, 5) is 0. The summed E-state index contributed by atoms with van der Waals surface area (Å²) in [6, 6.07) is 0. The minimum atomic E-state index is -2.98. The molecular weight excluding hydrogens is 222 g/mol. The molecule has 1 rings (SSSR count). The van der Waals surface area contributed by atoms with Crippen LogP contribution < -0.4 is 0 Å². The summed E-state index contributed by atoms with van der Waals surface area (Å²) in [5, 5.41) is 0. The Kier molecular flexibility index (Phi) is 4.06. The van der Waals surface area contributed by atoms with Gasteiger partial charge in [0.1, 0.15) is 0 Å². The fourth-order valence-corrected chi connectivity index (χ4v) is 3.29. The molecule has 96 valence electrons. The van der Waals surface area contributed by atoms with Gasteiger partial charge in [-0.1, -0.05) is 27.7 Å². The Morgan fingerprint density at radius 3 is 1.94 bits per heavy atom. The first-order chi connectivity index (χ1) is 7.12. The average molecular weight is 247 g/mol. The standard InChI is InChI=1S/C12H25NO2S/c1-10(12(2,3)4)11-6-8-13(9-7-11)16(5,14)15/h10-11H,6-9H2,1-5H3. The summed E-state index contributed by atoms with van der Waals surface area (Å²) in [6.07, 6.45) is 3.32. The molecule has 3 nitrogen and oxygen atoms in total. The van der Waals surface area contributed by atoms with E-state index in [9.17, 15) is 8.42 Å². The van der Waals surface area contributed by atoms with Crippen LogP contribution in [0.15, 0.2) is 0 Å². The van der Waals surface area contributed by atoms with E-state index in [4.69, 9.17) is 0 Å². The van der Waals surface area contributed by atoms with E-state index in [-0.39, 0.29) is 0 Å². The SMILES string of the molecule is CC(C1CCN(S(C)(=O)=O)CC1)C(C)(C)C. The second-order valence-corrected chi connectivity index (χ2v) is 8.14. The quantitative estimate of drug-likeness (QED) is 0.751. The van der Waals surface area contributed by atoms with E-state index in [1.165, 1.54) is 6.26 Å². The Hall–Kier alpha value is -0.0900. The molecule has 1 fully saturated rings. The molecule has 1 heterocycles. The van der Waals surface area contributed by atoms with Crippen molar-refractivity contribution in [3.63, 3.8) is 0 Å². The minimum Gasteiger partial charge on any atom is -0.213 e. The highest BCUT2D eigenvalue weighted by Crippen LogP contribution is 2.37. The number of sulfonamides is 1. The maximum Gasteiger partial charge on any atom is 0.211 e. The lowest BCUT2D eigenvalue weighted by Gasteiger charge is -2.39. The summed E-state index contributed by atoms with van der Waals surface area (Å²) in [7, 11) is -2.98. The Labute approximate surface area is 100 Å². The predicted molar refractivity (Wildman–Crippen MR) is 67.8 cm³/mol. The summed E-state index contributed by atoms with van der Waals surface area (Å²) in [5.41, 5.74) is 0.317. The number of nitrogens with zero attached hydrogens (tertiary/aromatic N) is 1. The van der Waals surface area contributed by atoms with Gasteiger partial charge in [0.15, 0.2) is 0 Å². The van der Waals surface area contributed by atoms with Gasteiger partial charge in [0.2, 0.25) is 10.0 Å². The lowest BCUT2D eigenvalue weighted by atomic mass is 9.71. The van der Waals surface area contributed by atoms with Gasteiger partial charge in [-0.15, -0.1) is 0 Å². The van der Waals surface area contributed by atoms with Crippen LogP contribution in [0.3, 0.4) is 0 Å². The van der Waals surface area contributed by atoms with Gasteiger partial charge in [-0.3, -0.25) is 0 Å². The molecule has 0 N–H and O–H groups in total. The van der Waals surface area contributed by atoms with Gasteiger partial charge in [0.05, 0.1) is 6.26 Å². The van der Waals surface area contributed by atoms with Crippen LogP contribution >= 0.6 is 0 Å². The van der Waals surface area contributed by atoms with Crippen LogP contribution in [0.4, 0.5) is 0 Å². The number of piperidine rings is 1. The highest BCUT2D eigenvalue weighted by atomic mass is 32.2. The lowest BCUT2D eigenvalue weighted by Crippen LogP contribution is -2.41. The third-order valence-corrected chi connectivity index (χ3v) is 5.34. The van der Waals surface area contributed by atoms with Gasteiger partial charge in [-0.2, -0.15) is 0 Å². The topological polar surface area (TPSA) is 37.4 Å². The van der Waals surface area contributed by atoms with Gasteiger partial charge in [0.25, 0.3) is 0 Å². The van der Waals surface area contributed by atoms with E-state index >= 15 is 0 Å². The van der Waals surface area contributed by atoms with Crippen molar-refractivity contribution in [3.8, 4) is 0 Å². The Morgan fingerprint density at radius 2 is 1.62 bits per heavy atom. The van der Waals surface area contributed by atoms with Crippen LogP contribution in [-0.4, -0.2) is 32.1 Å². The summed E-state index contributed by atoms with van der Waals surface area (Å²) >= 11 is 0. The van der Waals surface area contributed by atoms with Crippen molar-refractivity contribution < 1.29 is 8.42 Å². The predicted octanol–water partition coefficient (Wildman–Crippen LogP) is 2.34.